The molecule has 1 saturated heterocycles. The molecule has 0 bridgehead atoms. The van der Waals surface area contributed by atoms with Crippen LogP contribution in [-0.4, -0.2) is 42.6 Å². The fourth-order valence-corrected chi connectivity index (χ4v) is 2.98. The summed E-state index contributed by atoms with van der Waals surface area (Å²) in [6.07, 6.45) is 1.56. The topological polar surface area (TPSA) is 108 Å². The van der Waals surface area contributed by atoms with Gasteiger partial charge >= 0.3 is 51.4 Å². The molecule has 1 aromatic carbocycles. The first-order valence-electron chi connectivity index (χ1n) is 8.01. The number of hydrogen-bond acceptors (Lipinski definition) is 6. The Labute approximate surface area is 185 Å². The van der Waals surface area contributed by atoms with E-state index in [4.69, 9.17) is 5.73 Å². The largest absolute Gasteiger partial charge is 1.00 e. The van der Waals surface area contributed by atoms with E-state index in [2.05, 4.69) is 33.2 Å². The summed E-state index contributed by atoms with van der Waals surface area (Å²) in [5.41, 5.74) is 15.0. The van der Waals surface area contributed by atoms with E-state index in [0.717, 1.165) is 31.6 Å². The summed E-state index contributed by atoms with van der Waals surface area (Å²) < 4.78 is 0. The van der Waals surface area contributed by atoms with Gasteiger partial charge in [0, 0.05) is 49.5 Å². The molecule has 2 heterocycles. The van der Waals surface area contributed by atoms with Crippen molar-refractivity contribution in [1.82, 2.24) is 5.43 Å². The van der Waals surface area contributed by atoms with Crippen molar-refractivity contribution in [1.29, 1.82) is 0 Å². The molecule has 8 heteroatoms. The van der Waals surface area contributed by atoms with Gasteiger partial charge in [-0.3, -0.25) is 0 Å². The molecule has 0 radical (unpaired) electrons. The quantitative estimate of drug-likeness (QED) is 0.400. The Balaban J connectivity index is 0.00000208. The third-order valence-corrected chi connectivity index (χ3v) is 4.51. The monoisotopic (exact) mass is 357 g/mol. The SMILES string of the molecule is NCC1=C(O)C(Nc2ccc(N3CCC(CO)CC3)cc2)[N-]N1.[K+]. The van der Waals surface area contributed by atoms with Gasteiger partial charge in [-0.05, 0) is 43.0 Å². The van der Waals surface area contributed by atoms with Crippen LogP contribution < -0.4 is 72.8 Å². The molecule has 1 aromatic rings. The van der Waals surface area contributed by atoms with Crippen molar-refractivity contribution in [3.8, 4) is 0 Å². The van der Waals surface area contributed by atoms with Crippen LogP contribution >= 0.6 is 0 Å². The van der Waals surface area contributed by atoms with Crippen LogP contribution in [0.25, 0.3) is 5.43 Å². The molecule has 2 aliphatic heterocycles. The summed E-state index contributed by atoms with van der Waals surface area (Å²) in [5, 5.41) is 22.3. The first-order chi connectivity index (χ1) is 11.2. The molecule has 0 aliphatic carbocycles. The smallest absolute Gasteiger partial charge is 0.545 e. The van der Waals surface area contributed by atoms with Gasteiger partial charge in [0.15, 0.2) is 0 Å². The first kappa shape index (κ1) is 20.0. The Morgan fingerprint density at radius 2 is 1.92 bits per heavy atom. The van der Waals surface area contributed by atoms with Gasteiger partial charge in [-0.15, -0.1) is 0 Å². The van der Waals surface area contributed by atoms with Gasteiger partial charge < -0.3 is 37.0 Å². The van der Waals surface area contributed by atoms with E-state index >= 15 is 0 Å². The average molecular weight is 357 g/mol. The van der Waals surface area contributed by atoms with E-state index in [-0.39, 0.29) is 70.3 Å². The Kier molecular flexibility index (Phi) is 7.83. The normalized spacial score (nSPS) is 21.4. The van der Waals surface area contributed by atoms with E-state index in [0.29, 0.717) is 11.6 Å². The number of aliphatic hydroxyl groups excluding tert-OH is 2. The Morgan fingerprint density at radius 1 is 1.25 bits per heavy atom. The summed E-state index contributed by atoms with van der Waals surface area (Å²) in [4.78, 5) is 2.33. The molecule has 1 unspecified atom stereocenters. The Bertz CT molecular complexity index is 558. The van der Waals surface area contributed by atoms with Crippen LogP contribution in [0, 0.1) is 5.92 Å². The second-order valence-electron chi connectivity index (χ2n) is 6.02. The van der Waals surface area contributed by atoms with Crippen molar-refractivity contribution in [3.05, 3.63) is 41.1 Å². The van der Waals surface area contributed by atoms with Gasteiger partial charge in [-0.25, -0.2) is 0 Å². The van der Waals surface area contributed by atoms with E-state index in [9.17, 15) is 10.2 Å². The maximum atomic E-state index is 9.97. The van der Waals surface area contributed by atoms with E-state index in [1.165, 1.54) is 5.69 Å². The summed E-state index contributed by atoms with van der Waals surface area (Å²) in [5.74, 6) is 0.581. The average Bonchev–Trinajstić information content (AvgIpc) is 2.96. The van der Waals surface area contributed by atoms with E-state index in [1.807, 2.05) is 12.1 Å². The van der Waals surface area contributed by atoms with Crippen LogP contribution in [0.4, 0.5) is 11.4 Å². The molecule has 24 heavy (non-hydrogen) atoms. The second kappa shape index (κ2) is 9.39. The molecule has 7 nitrogen and oxygen atoms in total. The molecule has 0 amide bonds. The van der Waals surface area contributed by atoms with Gasteiger partial charge in [0.25, 0.3) is 0 Å². The van der Waals surface area contributed by atoms with Gasteiger partial charge in [0.05, 0.1) is 0 Å². The minimum absolute atomic E-state index is 0. The van der Waals surface area contributed by atoms with Crippen LogP contribution in [-0.2, 0) is 0 Å². The molecule has 0 saturated carbocycles. The summed E-state index contributed by atoms with van der Waals surface area (Å²) >= 11 is 0. The first-order valence-corrected chi connectivity index (χ1v) is 8.01. The molecular formula is C16H24KN5O2. The molecule has 0 spiro atoms. The Hall–Kier alpha value is -0.324. The van der Waals surface area contributed by atoms with Gasteiger partial charge in [0.2, 0.25) is 0 Å². The number of anilines is 2. The third-order valence-electron chi connectivity index (χ3n) is 4.51. The fraction of sp³-hybridized carbons (Fsp3) is 0.500. The molecule has 6 N–H and O–H groups in total. The van der Waals surface area contributed by atoms with Crippen LogP contribution in [0.5, 0.6) is 0 Å². The van der Waals surface area contributed by atoms with E-state index in [1.54, 1.807) is 0 Å². The number of nitrogens with one attached hydrogen (secondary N) is 2. The minimum atomic E-state index is -0.500. The number of aliphatic hydroxyl groups is 2. The maximum absolute atomic E-state index is 9.97. The molecule has 2 aliphatic rings. The standard InChI is InChI=1S/C16H24N5O2.K/c17-9-14-15(23)16(20-19-14)18-12-1-3-13(4-2-12)21-7-5-11(10-22)6-8-21;/h1-4,11,16,18-19,22-23H,5-10,17H2;/q-1;+1. The molecule has 3 rings (SSSR count). The van der Waals surface area contributed by atoms with Crippen molar-refractivity contribution >= 4 is 11.4 Å². The number of nitrogens with two attached hydrogens (primary N) is 1. The van der Waals surface area contributed by atoms with Gasteiger partial charge in [-0.1, -0.05) is 0 Å². The fourth-order valence-electron chi connectivity index (χ4n) is 2.98. The minimum Gasteiger partial charge on any atom is -0.545 e. The number of benzene rings is 1. The molecule has 1 atom stereocenters. The zero-order valence-electron chi connectivity index (χ0n) is 14.1. The molecule has 0 aromatic heterocycles. The maximum Gasteiger partial charge on any atom is 1.00 e. The van der Waals surface area contributed by atoms with Crippen molar-refractivity contribution in [3.63, 3.8) is 0 Å². The van der Waals surface area contributed by atoms with Crippen LogP contribution in [0.1, 0.15) is 12.8 Å². The number of hydrogen-bond donors (Lipinski definition) is 5. The summed E-state index contributed by atoms with van der Waals surface area (Å²) in [6.45, 7) is 2.47. The van der Waals surface area contributed by atoms with Gasteiger partial charge in [-0.2, -0.15) is 0 Å². The summed E-state index contributed by atoms with van der Waals surface area (Å²) in [7, 11) is 0. The number of nitrogens with zero attached hydrogens (tertiary/aromatic N) is 2. The van der Waals surface area contributed by atoms with Gasteiger partial charge in [0.1, 0.15) is 5.76 Å². The number of rotatable bonds is 5. The van der Waals surface area contributed by atoms with Crippen LogP contribution in [0.2, 0.25) is 0 Å². The van der Waals surface area contributed by atoms with Crippen molar-refractivity contribution in [2.24, 2.45) is 11.7 Å². The van der Waals surface area contributed by atoms with Crippen molar-refractivity contribution < 1.29 is 61.6 Å². The zero-order chi connectivity index (χ0) is 16.2. The number of piperidine rings is 1. The molecular weight excluding hydrogens is 333 g/mol. The predicted molar refractivity (Wildman–Crippen MR) is 91.1 cm³/mol. The predicted octanol–water partition coefficient (Wildman–Crippen LogP) is -1.74. The molecule has 126 valence electrons. The second-order valence-corrected chi connectivity index (χ2v) is 6.02. The Morgan fingerprint density at radius 3 is 2.46 bits per heavy atom. The van der Waals surface area contributed by atoms with E-state index < -0.39 is 6.17 Å². The third kappa shape index (κ3) is 4.64. The molecule has 1 fully saturated rings. The van der Waals surface area contributed by atoms with Crippen LogP contribution in [0.15, 0.2) is 35.7 Å². The zero-order valence-corrected chi connectivity index (χ0v) is 17.2. The van der Waals surface area contributed by atoms with Crippen molar-refractivity contribution in [2.45, 2.75) is 19.0 Å². The van der Waals surface area contributed by atoms with Crippen LogP contribution in [0.3, 0.4) is 0 Å². The summed E-state index contributed by atoms with van der Waals surface area (Å²) in [6, 6.07) is 8.09. The van der Waals surface area contributed by atoms with Crippen molar-refractivity contribution in [2.75, 3.05) is 36.5 Å².